The number of aromatic nitrogens is 5. The first-order chi connectivity index (χ1) is 33.9. The van der Waals surface area contributed by atoms with Gasteiger partial charge in [0.25, 0.3) is 5.91 Å². The number of aromatic amines is 2. The fourth-order valence-electron chi connectivity index (χ4n) is 8.97. The first-order valence-electron chi connectivity index (χ1n) is 23.9. The third kappa shape index (κ3) is 12.1. The van der Waals surface area contributed by atoms with Gasteiger partial charge in [-0.15, -0.1) is 11.3 Å². The molecule has 3 aliphatic rings. The Morgan fingerprint density at radius 1 is 0.958 bits per heavy atom. The van der Waals surface area contributed by atoms with Crippen LogP contribution < -0.4 is 15.8 Å². The number of carbonyl (C=O) groups excluding carboxylic acids is 4. The summed E-state index contributed by atoms with van der Waals surface area (Å²) in [5.74, 6) is 3.20. The zero-order chi connectivity index (χ0) is 51.3. The monoisotopic (exact) mass is 1010 g/mol. The lowest BCUT2D eigenvalue weighted by molar-refractivity contribution is -0.145. The zero-order valence-corrected chi connectivity index (χ0v) is 43.9. The van der Waals surface area contributed by atoms with E-state index in [1.165, 1.54) is 30.9 Å². The number of imidazole rings is 2. The second-order valence-corrected chi connectivity index (χ2v) is 25.5. The lowest BCUT2D eigenvalue weighted by Gasteiger charge is -2.30. The van der Waals surface area contributed by atoms with Gasteiger partial charge < -0.3 is 45.0 Å². The minimum atomic E-state index is -0.910. The Bertz CT molecular complexity index is 2830. The Morgan fingerprint density at radius 3 is 2.31 bits per heavy atom. The molecule has 19 heteroatoms. The summed E-state index contributed by atoms with van der Waals surface area (Å²) in [5.41, 5.74) is 9.29. The van der Waals surface area contributed by atoms with Crippen LogP contribution in [-0.4, -0.2) is 117 Å². The molecule has 2 fully saturated rings. The van der Waals surface area contributed by atoms with Crippen molar-refractivity contribution < 1.29 is 37.8 Å². The molecular formula is C52H68FN9O7S2. The zero-order valence-electron chi connectivity index (χ0n) is 42.3. The van der Waals surface area contributed by atoms with Crippen LogP contribution in [0.2, 0.25) is 0 Å². The Morgan fingerprint density at radius 2 is 1.66 bits per heavy atom. The van der Waals surface area contributed by atoms with E-state index in [0.29, 0.717) is 59.2 Å². The van der Waals surface area contributed by atoms with Gasteiger partial charge in [0.2, 0.25) is 19.0 Å². The van der Waals surface area contributed by atoms with Crippen molar-refractivity contribution in [3.8, 4) is 39.5 Å². The minimum Gasteiger partial charge on any atom is -0.464 e. The summed E-state index contributed by atoms with van der Waals surface area (Å²) in [6.07, 6.45) is 13.9. The van der Waals surface area contributed by atoms with Gasteiger partial charge in [0, 0.05) is 41.1 Å². The highest BCUT2D eigenvalue weighted by Gasteiger charge is 2.38. The number of carbonyl (C=O) groups is 4. The molecule has 3 unspecified atom stereocenters. The summed E-state index contributed by atoms with van der Waals surface area (Å²) in [6, 6.07) is 16.0. The average Bonchev–Trinajstić information content (AvgIpc) is 3.90. The lowest BCUT2D eigenvalue weighted by Crippen LogP contribution is -2.42. The number of alkyl carbamates (subject to hydrolysis) is 1. The first kappa shape index (κ1) is 52.6. The molecule has 1 aliphatic carbocycles. The van der Waals surface area contributed by atoms with Gasteiger partial charge in [-0.1, -0.05) is 33.8 Å². The van der Waals surface area contributed by atoms with E-state index in [9.17, 15) is 14.4 Å². The highest BCUT2D eigenvalue weighted by molar-refractivity contribution is 8.32. The number of hydrogen-bond donors (Lipinski definition) is 4. The van der Waals surface area contributed by atoms with Crippen LogP contribution in [0, 0.1) is 17.7 Å². The number of nitrogens with one attached hydrogen (secondary N) is 3. The summed E-state index contributed by atoms with van der Waals surface area (Å²) in [4.78, 5) is 66.7. The Balaban J connectivity index is 0.000000506. The molecule has 4 amide bonds. The number of primary amides is 1. The number of benzene rings is 2. The number of amides is 4. The summed E-state index contributed by atoms with van der Waals surface area (Å²) >= 11 is 1.77. The van der Waals surface area contributed by atoms with Gasteiger partial charge in [0.05, 0.1) is 71.0 Å². The Kier molecular flexibility index (Phi) is 16.7. The number of rotatable bonds is 15. The second-order valence-electron chi connectivity index (χ2n) is 19.9. The SMILES string of the molecule is COC(=O)NC(C)C(C)C.CO[C@H](C(=O)N1CCCC1c1ncc(-c2cc(F)c3c(c2)OC(c2ccc(C4CC4)s2)n2c-3cc3cc(-c4cnc(CN(C=O)CS(C)(C)C)[nH]4)ccc32)[nH]1)C(C)C.NC=O. The third-order valence-corrected chi connectivity index (χ3v) is 15.3. The van der Waals surface area contributed by atoms with E-state index < -0.39 is 28.2 Å². The normalized spacial score (nSPS) is 17.2. The molecule has 2 aliphatic heterocycles. The molecular weight excluding hydrogens is 946 g/mol. The van der Waals surface area contributed by atoms with Crippen molar-refractivity contribution in [3.63, 3.8) is 0 Å². The average molecular weight is 1010 g/mol. The predicted molar refractivity (Wildman–Crippen MR) is 279 cm³/mol. The Hall–Kier alpha value is -6.18. The first-order valence-corrected chi connectivity index (χ1v) is 27.8. The van der Waals surface area contributed by atoms with Gasteiger partial charge in [0.1, 0.15) is 29.3 Å². The van der Waals surface area contributed by atoms with Crippen LogP contribution in [0.4, 0.5) is 9.18 Å². The number of nitrogens with zero attached hydrogens (tertiary/aromatic N) is 5. The van der Waals surface area contributed by atoms with Crippen molar-refractivity contribution in [1.29, 1.82) is 0 Å². The minimum absolute atomic E-state index is 0.0363. The van der Waals surface area contributed by atoms with E-state index in [2.05, 4.69) is 78.3 Å². The molecule has 382 valence electrons. The molecule has 16 nitrogen and oxygen atoms in total. The molecule has 71 heavy (non-hydrogen) atoms. The second kappa shape index (κ2) is 22.5. The molecule has 0 bridgehead atoms. The summed E-state index contributed by atoms with van der Waals surface area (Å²) < 4.78 is 35.7. The summed E-state index contributed by atoms with van der Waals surface area (Å²) in [5, 5.41) is 3.61. The molecule has 6 heterocycles. The van der Waals surface area contributed by atoms with E-state index in [1.54, 1.807) is 35.7 Å². The van der Waals surface area contributed by atoms with Crippen LogP contribution in [0.15, 0.2) is 60.9 Å². The molecule has 0 radical (unpaired) electrons. The number of H-pyrrole nitrogens is 2. The number of fused-ring (bicyclic) bond motifs is 5. The van der Waals surface area contributed by atoms with Crippen LogP contribution in [0.5, 0.6) is 5.75 Å². The maximum Gasteiger partial charge on any atom is 0.407 e. The molecule has 1 saturated heterocycles. The molecule has 0 spiro atoms. The molecule has 9 rings (SSSR count). The van der Waals surface area contributed by atoms with Crippen molar-refractivity contribution in [3.05, 3.63) is 88.1 Å². The number of hydrogen-bond acceptors (Lipinski definition) is 10. The number of methoxy groups -OCH3 is 2. The number of halogens is 1. The van der Waals surface area contributed by atoms with Gasteiger partial charge in [0.15, 0.2) is 0 Å². The molecule has 4 aromatic heterocycles. The van der Waals surface area contributed by atoms with Crippen LogP contribution >= 0.6 is 21.4 Å². The van der Waals surface area contributed by atoms with E-state index in [1.807, 2.05) is 57.7 Å². The standard InChI is InChI=1S/C44H50FN7O4S2.C7H15NO2.CH3NO/c1-25(2)41(55-3)43(54)51-15-7-8-34(51)42-47-21-32(49-42)28-17-30(45)40-35-18-29-16-27(31-20-46-39(48-31)22-50(23-53)24-58(4,5)6)11-12-33(29)52(35)44(56-36(40)19-28)38-14-13-37(57-38)26-9-10-26;1-5(2)6(3)8-7(9)10-4;2-1-3/h11-14,16-21,23,25-26,34,41,44H,7-10,15,22,24H2,1-6H3,(H,46,48)(H,47,49);5-6H,1-4H3,(H,8,9);1H,(H2,2,3)/t34?,41-,44?;;/m0../s1. The van der Waals surface area contributed by atoms with Crippen LogP contribution in [0.25, 0.3) is 44.7 Å². The highest BCUT2D eigenvalue weighted by Crippen LogP contribution is 2.50. The van der Waals surface area contributed by atoms with Crippen molar-refractivity contribution >= 4 is 57.1 Å². The fraction of sp³-hybridized carbons (Fsp3) is 0.462. The smallest absolute Gasteiger partial charge is 0.407 e. The third-order valence-electron chi connectivity index (χ3n) is 12.9. The topological polar surface area (TPSA) is 203 Å². The van der Waals surface area contributed by atoms with Crippen LogP contribution in [0.1, 0.15) is 99.9 Å². The van der Waals surface area contributed by atoms with Gasteiger partial charge in [-0.25, -0.2) is 29.2 Å². The number of thiophene rings is 1. The van der Waals surface area contributed by atoms with Crippen molar-refractivity contribution in [1.82, 2.24) is 39.6 Å². The maximum atomic E-state index is 16.7. The van der Waals surface area contributed by atoms with Gasteiger partial charge in [-0.3, -0.25) is 19.0 Å². The quantitative estimate of drug-likeness (QED) is 0.0723. The number of nitrogens with two attached hydrogens (primary N) is 1. The predicted octanol–water partition coefficient (Wildman–Crippen LogP) is 9.54. The molecule has 2 aromatic carbocycles. The number of likely N-dealkylation sites (tertiary alicyclic amines) is 1. The van der Waals surface area contributed by atoms with Gasteiger partial charge in [-0.05, 0) is 112 Å². The van der Waals surface area contributed by atoms with Crippen LogP contribution in [-0.2, 0) is 30.4 Å². The molecule has 4 atom stereocenters. The maximum absolute atomic E-state index is 16.7. The van der Waals surface area contributed by atoms with Crippen molar-refractivity contribution in [2.75, 3.05) is 45.4 Å². The van der Waals surface area contributed by atoms with E-state index >= 15 is 4.39 Å². The molecule has 1 saturated carbocycles. The largest absolute Gasteiger partial charge is 0.464 e. The van der Waals surface area contributed by atoms with Crippen molar-refractivity contribution in [2.45, 2.75) is 97.2 Å². The van der Waals surface area contributed by atoms with E-state index in [-0.39, 0.29) is 36.4 Å². The van der Waals surface area contributed by atoms with Crippen molar-refractivity contribution in [2.24, 2.45) is 17.6 Å². The fourth-order valence-corrected chi connectivity index (χ4v) is 11.3. The van der Waals surface area contributed by atoms with E-state index in [0.717, 1.165) is 57.8 Å². The lowest BCUT2D eigenvalue weighted by atomic mass is 10.0. The van der Waals surface area contributed by atoms with Crippen LogP contribution in [0.3, 0.4) is 0 Å². The Labute approximate surface area is 420 Å². The highest BCUT2D eigenvalue weighted by atomic mass is 32.3. The molecule has 6 aromatic rings. The number of ether oxygens (including phenoxy) is 3. The summed E-state index contributed by atoms with van der Waals surface area (Å²) in [7, 11) is 2.03. The van der Waals surface area contributed by atoms with Gasteiger partial charge in [-0.2, -0.15) is 0 Å². The van der Waals surface area contributed by atoms with Gasteiger partial charge >= 0.3 is 6.09 Å². The van der Waals surface area contributed by atoms with E-state index in [4.69, 9.17) is 19.3 Å². The molecule has 5 N–H and O–H groups in total. The summed E-state index contributed by atoms with van der Waals surface area (Å²) in [6.45, 7) is 11.0.